The van der Waals surface area contributed by atoms with E-state index in [-0.39, 0.29) is 24.1 Å². The summed E-state index contributed by atoms with van der Waals surface area (Å²) in [6, 6.07) is 5.98. The largest absolute Gasteiger partial charge is 0.436 e. The van der Waals surface area contributed by atoms with Crippen LogP contribution in [0.15, 0.2) is 18.2 Å². The fraction of sp³-hybridized carbons (Fsp3) is 0.545. The zero-order valence-corrected chi connectivity index (χ0v) is 17.0. The van der Waals surface area contributed by atoms with Crippen molar-refractivity contribution in [1.82, 2.24) is 9.80 Å². The van der Waals surface area contributed by atoms with E-state index < -0.39 is 0 Å². The van der Waals surface area contributed by atoms with Crippen LogP contribution in [0.5, 0.6) is 0 Å². The van der Waals surface area contributed by atoms with Crippen molar-refractivity contribution in [2.75, 3.05) is 38.1 Å². The van der Waals surface area contributed by atoms with Gasteiger partial charge in [0.2, 0.25) is 0 Å². The Labute approximate surface area is 167 Å². The third-order valence-corrected chi connectivity index (χ3v) is 5.88. The predicted molar refractivity (Wildman–Crippen MR) is 109 cm³/mol. The van der Waals surface area contributed by atoms with Crippen LogP contribution in [0.25, 0.3) is 0 Å². The molecule has 0 saturated carbocycles. The number of ether oxygens (including phenoxy) is 1. The molecule has 0 unspecified atom stereocenters. The molecule has 2 heterocycles. The van der Waals surface area contributed by atoms with Crippen molar-refractivity contribution in [2.45, 2.75) is 40.0 Å². The molecular weight excluding hydrogens is 354 g/mol. The second-order valence-corrected chi connectivity index (χ2v) is 7.89. The van der Waals surface area contributed by atoms with Crippen LogP contribution in [0.1, 0.15) is 37.3 Å². The van der Waals surface area contributed by atoms with Crippen LogP contribution in [0, 0.1) is 31.1 Å². The van der Waals surface area contributed by atoms with Crippen LogP contribution in [0.2, 0.25) is 0 Å². The molecule has 150 valence electrons. The van der Waals surface area contributed by atoms with Crippen molar-refractivity contribution < 1.29 is 14.3 Å². The Kier molecular flexibility index (Phi) is 6.13. The Morgan fingerprint density at radius 3 is 2.46 bits per heavy atom. The van der Waals surface area contributed by atoms with Gasteiger partial charge in [0, 0.05) is 31.9 Å². The summed E-state index contributed by atoms with van der Waals surface area (Å²) < 4.78 is 5.18. The number of nitrogens with one attached hydrogen (secondary N) is 1. The average molecular weight is 383 g/mol. The van der Waals surface area contributed by atoms with Gasteiger partial charge in [-0.2, -0.15) is 0 Å². The molecule has 28 heavy (non-hydrogen) atoms. The minimum Gasteiger partial charge on any atom is -0.436 e. The average Bonchev–Trinajstić information content (AvgIpc) is 3.08. The van der Waals surface area contributed by atoms with Gasteiger partial charge in [-0.3, -0.25) is 0 Å². The lowest BCUT2D eigenvalue weighted by Gasteiger charge is -2.39. The van der Waals surface area contributed by atoms with E-state index in [4.69, 9.17) is 4.74 Å². The monoisotopic (exact) mass is 383 g/mol. The van der Waals surface area contributed by atoms with Crippen molar-refractivity contribution in [3.05, 3.63) is 29.3 Å². The molecular formula is C22H29N3O3. The van der Waals surface area contributed by atoms with E-state index in [0.29, 0.717) is 26.2 Å². The Balaban J connectivity index is 1.50. The van der Waals surface area contributed by atoms with Crippen molar-refractivity contribution in [3.8, 4) is 11.8 Å². The molecule has 3 amide bonds. The van der Waals surface area contributed by atoms with E-state index in [1.807, 2.05) is 30.9 Å². The first-order chi connectivity index (χ1) is 13.4. The highest BCUT2D eigenvalue weighted by Gasteiger charge is 2.43. The molecule has 0 aliphatic carbocycles. The molecule has 2 saturated heterocycles. The summed E-state index contributed by atoms with van der Waals surface area (Å²) in [6.07, 6.45) is 2.50. The molecule has 6 nitrogen and oxygen atoms in total. The smallest absolute Gasteiger partial charge is 0.410 e. The highest BCUT2D eigenvalue weighted by Crippen LogP contribution is 2.40. The fourth-order valence-electron chi connectivity index (χ4n) is 4.09. The van der Waals surface area contributed by atoms with Crippen molar-refractivity contribution in [3.63, 3.8) is 0 Å². The van der Waals surface area contributed by atoms with Gasteiger partial charge in [-0.25, -0.2) is 9.59 Å². The van der Waals surface area contributed by atoms with Gasteiger partial charge in [0.1, 0.15) is 0 Å². The maximum atomic E-state index is 12.6. The summed E-state index contributed by atoms with van der Waals surface area (Å²) in [5.41, 5.74) is 3.22. The van der Waals surface area contributed by atoms with Crippen LogP contribution in [0.3, 0.4) is 0 Å². The molecule has 6 heteroatoms. The topological polar surface area (TPSA) is 61.9 Å². The molecule has 1 N–H and O–H groups in total. The molecule has 0 aromatic heterocycles. The third kappa shape index (κ3) is 4.59. The zero-order valence-electron chi connectivity index (χ0n) is 17.0. The predicted octanol–water partition coefficient (Wildman–Crippen LogP) is 3.78. The van der Waals surface area contributed by atoms with Gasteiger partial charge in [0.25, 0.3) is 0 Å². The molecule has 0 bridgehead atoms. The number of amides is 3. The minimum atomic E-state index is -0.283. The van der Waals surface area contributed by atoms with E-state index >= 15 is 0 Å². The van der Waals surface area contributed by atoms with Crippen LogP contribution < -0.4 is 5.32 Å². The number of benzene rings is 1. The van der Waals surface area contributed by atoms with Crippen LogP contribution >= 0.6 is 0 Å². The standard InChI is InChI=1S/C22H29N3O3/c1-4-5-14-28-21(27)25-13-10-22(16-25)8-11-24(12-9-22)20(26)23-19-7-6-17(2)15-18(19)3/h6-7,15H,8-14,16H2,1-3H3,(H,23,26). The number of piperidine rings is 1. The number of anilines is 1. The van der Waals surface area contributed by atoms with Gasteiger partial charge in [0.15, 0.2) is 6.61 Å². The Morgan fingerprint density at radius 2 is 1.82 bits per heavy atom. The Hall–Kier alpha value is -2.68. The van der Waals surface area contributed by atoms with Gasteiger partial charge in [-0.15, -0.1) is 5.92 Å². The van der Waals surface area contributed by atoms with Crippen LogP contribution in [0.4, 0.5) is 15.3 Å². The number of urea groups is 1. The molecule has 0 atom stereocenters. The SMILES string of the molecule is CC#CCOC(=O)N1CCC2(CCN(C(=O)Nc3ccc(C)cc3C)CC2)C1. The van der Waals surface area contributed by atoms with Crippen molar-refractivity contribution in [2.24, 2.45) is 5.41 Å². The summed E-state index contributed by atoms with van der Waals surface area (Å²) in [4.78, 5) is 28.4. The highest BCUT2D eigenvalue weighted by molar-refractivity contribution is 5.90. The quantitative estimate of drug-likeness (QED) is 0.791. The molecule has 2 aliphatic heterocycles. The second-order valence-electron chi connectivity index (χ2n) is 7.89. The zero-order chi connectivity index (χ0) is 20.1. The third-order valence-electron chi connectivity index (χ3n) is 5.88. The van der Waals surface area contributed by atoms with Gasteiger partial charge < -0.3 is 19.9 Å². The summed E-state index contributed by atoms with van der Waals surface area (Å²) in [5.74, 6) is 5.47. The van der Waals surface area contributed by atoms with E-state index in [1.165, 1.54) is 5.56 Å². The number of nitrogens with zero attached hydrogens (tertiary/aromatic N) is 2. The van der Waals surface area contributed by atoms with Gasteiger partial charge in [0.05, 0.1) is 0 Å². The molecule has 1 aromatic carbocycles. The molecule has 0 radical (unpaired) electrons. The molecule has 3 rings (SSSR count). The maximum absolute atomic E-state index is 12.6. The number of aryl methyl sites for hydroxylation is 2. The lowest BCUT2D eigenvalue weighted by atomic mass is 9.78. The number of hydrogen-bond acceptors (Lipinski definition) is 3. The van der Waals surface area contributed by atoms with Crippen molar-refractivity contribution in [1.29, 1.82) is 0 Å². The number of carbonyl (C=O) groups is 2. The first kappa shape index (κ1) is 20.1. The van der Waals surface area contributed by atoms with E-state index in [9.17, 15) is 9.59 Å². The number of rotatable bonds is 2. The second kappa shape index (κ2) is 8.55. The molecule has 1 aromatic rings. The molecule has 2 aliphatic rings. The summed E-state index contributed by atoms with van der Waals surface area (Å²) in [6.45, 7) is 8.76. The van der Waals surface area contributed by atoms with Crippen molar-refractivity contribution >= 4 is 17.8 Å². The first-order valence-electron chi connectivity index (χ1n) is 9.87. The van der Waals surface area contributed by atoms with Gasteiger partial charge >= 0.3 is 12.1 Å². The van der Waals surface area contributed by atoms with Gasteiger partial charge in [-0.05, 0) is 57.1 Å². The maximum Gasteiger partial charge on any atom is 0.410 e. The lowest BCUT2D eigenvalue weighted by molar-refractivity contribution is 0.102. The Bertz CT molecular complexity index is 801. The van der Waals surface area contributed by atoms with E-state index in [2.05, 4.69) is 23.2 Å². The fourth-order valence-corrected chi connectivity index (χ4v) is 4.09. The lowest BCUT2D eigenvalue weighted by Crippen LogP contribution is -2.46. The Morgan fingerprint density at radius 1 is 1.14 bits per heavy atom. The number of likely N-dealkylation sites (tertiary alicyclic amines) is 2. The normalized spacial score (nSPS) is 17.8. The molecule has 1 spiro atoms. The van der Waals surface area contributed by atoms with Crippen LogP contribution in [-0.4, -0.2) is 54.7 Å². The first-order valence-corrected chi connectivity index (χ1v) is 9.87. The molecule has 2 fully saturated rings. The van der Waals surface area contributed by atoms with E-state index in [1.54, 1.807) is 11.8 Å². The summed E-state index contributed by atoms with van der Waals surface area (Å²) in [7, 11) is 0. The van der Waals surface area contributed by atoms with Gasteiger partial charge in [-0.1, -0.05) is 23.6 Å². The number of carbonyl (C=O) groups excluding carboxylic acids is 2. The number of hydrogen-bond donors (Lipinski definition) is 1. The minimum absolute atomic E-state index is 0.0470. The van der Waals surface area contributed by atoms with E-state index in [0.717, 1.165) is 30.5 Å². The summed E-state index contributed by atoms with van der Waals surface area (Å²) >= 11 is 0. The van der Waals surface area contributed by atoms with Crippen LogP contribution in [-0.2, 0) is 4.74 Å². The highest BCUT2D eigenvalue weighted by atomic mass is 16.6. The summed E-state index contributed by atoms with van der Waals surface area (Å²) in [5, 5.41) is 3.03.